The molecular formula is C19H17F2N3O3. The van der Waals surface area contributed by atoms with Crippen LogP contribution in [0, 0.1) is 11.6 Å². The summed E-state index contributed by atoms with van der Waals surface area (Å²) in [5.41, 5.74) is 0.661. The number of carbonyl (C=O) groups is 3. The van der Waals surface area contributed by atoms with Gasteiger partial charge in [-0.1, -0.05) is 30.3 Å². The van der Waals surface area contributed by atoms with Gasteiger partial charge in [0.15, 0.2) is 0 Å². The fourth-order valence-electron chi connectivity index (χ4n) is 2.83. The zero-order chi connectivity index (χ0) is 19.4. The number of hydrogen-bond donors (Lipinski definition) is 2. The summed E-state index contributed by atoms with van der Waals surface area (Å²) >= 11 is 0. The predicted octanol–water partition coefficient (Wildman–Crippen LogP) is 1.82. The largest absolute Gasteiger partial charge is 0.342 e. The second-order valence-corrected chi connectivity index (χ2v) is 6.18. The molecule has 3 rings (SSSR count). The van der Waals surface area contributed by atoms with E-state index in [0.717, 1.165) is 17.7 Å². The molecule has 1 atom stereocenters. The van der Waals surface area contributed by atoms with E-state index in [0.29, 0.717) is 6.07 Å². The normalized spacial score (nSPS) is 16.8. The average Bonchev–Trinajstić information content (AvgIpc) is 2.62. The molecule has 0 bridgehead atoms. The summed E-state index contributed by atoms with van der Waals surface area (Å²) in [6, 6.07) is 10.9. The van der Waals surface area contributed by atoms with Crippen LogP contribution in [-0.2, 0) is 20.9 Å². The van der Waals surface area contributed by atoms with E-state index in [1.54, 1.807) is 0 Å². The van der Waals surface area contributed by atoms with Crippen molar-refractivity contribution in [3.8, 4) is 0 Å². The molecule has 6 nitrogen and oxygen atoms in total. The third-order valence-electron chi connectivity index (χ3n) is 4.09. The number of nitrogens with zero attached hydrogens (tertiary/aromatic N) is 1. The lowest BCUT2D eigenvalue weighted by molar-refractivity contribution is -0.145. The van der Waals surface area contributed by atoms with Crippen LogP contribution in [0.2, 0.25) is 0 Å². The van der Waals surface area contributed by atoms with Gasteiger partial charge in [0.05, 0.1) is 18.7 Å². The van der Waals surface area contributed by atoms with Crippen molar-refractivity contribution in [3.05, 3.63) is 65.7 Å². The Morgan fingerprint density at radius 2 is 1.89 bits per heavy atom. The number of carbonyl (C=O) groups excluding carboxylic acids is 3. The van der Waals surface area contributed by atoms with E-state index in [4.69, 9.17) is 0 Å². The monoisotopic (exact) mass is 373 g/mol. The summed E-state index contributed by atoms with van der Waals surface area (Å²) in [6.07, 6.45) is -0.354. The summed E-state index contributed by atoms with van der Waals surface area (Å²) < 4.78 is 26.6. The van der Waals surface area contributed by atoms with Crippen molar-refractivity contribution in [2.75, 3.05) is 11.9 Å². The van der Waals surface area contributed by atoms with Crippen molar-refractivity contribution in [3.63, 3.8) is 0 Å². The SMILES string of the molecule is O=C(CC1NC(=O)CN(Cc2ccccc2)C1=O)Nc1ccc(F)cc1F. The molecule has 27 heavy (non-hydrogen) atoms. The number of anilines is 1. The van der Waals surface area contributed by atoms with Gasteiger partial charge < -0.3 is 15.5 Å². The highest BCUT2D eigenvalue weighted by atomic mass is 19.1. The Morgan fingerprint density at radius 3 is 2.59 bits per heavy atom. The van der Waals surface area contributed by atoms with Gasteiger partial charge in [0.2, 0.25) is 17.7 Å². The second-order valence-electron chi connectivity index (χ2n) is 6.18. The van der Waals surface area contributed by atoms with Crippen LogP contribution in [0.4, 0.5) is 14.5 Å². The minimum Gasteiger partial charge on any atom is -0.342 e. The summed E-state index contributed by atoms with van der Waals surface area (Å²) in [5.74, 6) is -3.13. The molecule has 1 aliphatic rings. The summed E-state index contributed by atoms with van der Waals surface area (Å²) in [4.78, 5) is 38.0. The van der Waals surface area contributed by atoms with E-state index in [-0.39, 0.29) is 31.1 Å². The molecule has 2 aromatic rings. The first-order chi connectivity index (χ1) is 12.9. The van der Waals surface area contributed by atoms with Crippen LogP contribution in [0.25, 0.3) is 0 Å². The maximum Gasteiger partial charge on any atom is 0.246 e. The molecule has 1 fully saturated rings. The van der Waals surface area contributed by atoms with E-state index in [1.807, 2.05) is 30.3 Å². The van der Waals surface area contributed by atoms with Gasteiger partial charge in [-0.05, 0) is 17.7 Å². The van der Waals surface area contributed by atoms with Gasteiger partial charge in [-0.3, -0.25) is 14.4 Å². The lowest BCUT2D eigenvalue weighted by Gasteiger charge is -2.32. The zero-order valence-corrected chi connectivity index (χ0v) is 14.2. The van der Waals surface area contributed by atoms with E-state index in [1.165, 1.54) is 4.90 Å². The first kappa shape index (κ1) is 18.5. The van der Waals surface area contributed by atoms with Gasteiger partial charge in [0, 0.05) is 12.6 Å². The Morgan fingerprint density at radius 1 is 1.15 bits per heavy atom. The van der Waals surface area contributed by atoms with Gasteiger partial charge in [-0.15, -0.1) is 0 Å². The molecule has 1 saturated heterocycles. The molecule has 8 heteroatoms. The molecule has 0 aromatic heterocycles. The maximum absolute atomic E-state index is 13.6. The van der Waals surface area contributed by atoms with E-state index in [9.17, 15) is 23.2 Å². The summed E-state index contributed by atoms with van der Waals surface area (Å²) in [5, 5.41) is 4.76. The molecule has 1 aliphatic heterocycles. The third kappa shape index (κ3) is 4.66. The quantitative estimate of drug-likeness (QED) is 0.839. The Balaban J connectivity index is 1.65. The second kappa shape index (κ2) is 7.94. The van der Waals surface area contributed by atoms with Crippen LogP contribution in [-0.4, -0.2) is 35.2 Å². The van der Waals surface area contributed by atoms with Crippen molar-refractivity contribution in [1.29, 1.82) is 0 Å². The van der Waals surface area contributed by atoms with Crippen molar-refractivity contribution >= 4 is 23.4 Å². The molecule has 1 unspecified atom stereocenters. The summed E-state index contributed by atoms with van der Waals surface area (Å²) in [6.45, 7) is 0.149. The highest BCUT2D eigenvalue weighted by molar-refractivity contribution is 6.00. The topological polar surface area (TPSA) is 78.5 Å². The van der Waals surface area contributed by atoms with Crippen LogP contribution in [0.1, 0.15) is 12.0 Å². The number of halogens is 2. The molecular weight excluding hydrogens is 356 g/mol. The van der Waals surface area contributed by atoms with Crippen molar-refractivity contribution < 1.29 is 23.2 Å². The highest BCUT2D eigenvalue weighted by Gasteiger charge is 2.34. The van der Waals surface area contributed by atoms with Crippen LogP contribution in [0.3, 0.4) is 0 Å². The smallest absolute Gasteiger partial charge is 0.246 e. The van der Waals surface area contributed by atoms with E-state index >= 15 is 0 Å². The number of nitrogens with one attached hydrogen (secondary N) is 2. The van der Waals surface area contributed by atoms with E-state index < -0.39 is 29.5 Å². The van der Waals surface area contributed by atoms with Gasteiger partial charge in [-0.2, -0.15) is 0 Å². The predicted molar refractivity (Wildman–Crippen MR) is 93.4 cm³/mol. The Bertz CT molecular complexity index is 874. The minimum absolute atomic E-state index is 0.0988. The molecule has 2 aromatic carbocycles. The third-order valence-corrected chi connectivity index (χ3v) is 4.09. The fraction of sp³-hybridized carbons (Fsp3) is 0.211. The number of amides is 3. The van der Waals surface area contributed by atoms with Crippen molar-refractivity contribution in [1.82, 2.24) is 10.2 Å². The molecule has 2 N–H and O–H groups in total. The highest BCUT2D eigenvalue weighted by Crippen LogP contribution is 2.16. The Hall–Kier alpha value is -3.29. The zero-order valence-electron chi connectivity index (χ0n) is 14.2. The van der Waals surface area contributed by atoms with Gasteiger partial charge >= 0.3 is 0 Å². The number of benzene rings is 2. The van der Waals surface area contributed by atoms with Crippen LogP contribution < -0.4 is 10.6 Å². The lowest BCUT2D eigenvalue weighted by atomic mass is 10.1. The summed E-state index contributed by atoms with van der Waals surface area (Å²) in [7, 11) is 0. The molecule has 0 saturated carbocycles. The minimum atomic E-state index is -1.04. The van der Waals surface area contributed by atoms with Crippen molar-refractivity contribution in [2.24, 2.45) is 0 Å². The molecule has 0 aliphatic carbocycles. The first-order valence-electron chi connectivity index (χ1n) is 8.29. The molecule has 3 amide bonds. The Labute approximate surface area is 154 Å². The van der Waals surface area contributed by atoms with Gasteiger partial charge in [-0.25, -0.2) is 8.78 Å². The van der Waals surface area contributed by atoms with Gasteiger partial charge in [0.25, 0.3) is 0 Å². The number of rotatable bonds is 5. The molecule has 0 spiro atoms. The van der Waals surface area contributed by atoms with Crippen LogP contribution in [0.5, 0.6) is 0 Å². The average molecular weight is 373 g/mol. The number of piperazine rings is 1. The van der Waals surface area contributed by atoms with Crippen LogP contribution in [0.15, 0.2) is 48.5 Å². The first-order valence-corrected chi connectivity index (χ1v) is 8.29. The molecule has 1 heterocycles. The molecule has 140 valence electrons. The fourth-order valence-corrected chi connectivity index (χ4v) is 2.83. The number of hydrogen-bond acceptors (Lipinski definition) is 3. The molecule has 0 radical (unpaired) electrons. The van der Waals surface area contributed by atoms with Gasteiger partial charge in [0.1, 0.15) is 17.7 Å². The van der Waals surface area contributed by atoms with Crippen molar-refractivity contribution in [2.45, 2.75) is 19.0 Å². The maximum atomic E-state index is 13.6. The standard InChI is InChI=1S/C19H17F2N3O3/c20-13-6-7-15(14(21)8-13)22-17(25)9-16-19(27)24(11-18(26)23-16)10-12-4-2-1-3-5-12/h1-8,16H,9-11H2,(H,22,25)(H,23,26). The Kier molecular flexibility index (Phi) is 5.44. The van der Waals surface area contributed by atoms with Crippen LogP contribution >= 0.6 is 0 Å². The van der Waals surface area contributed by atoms with E-state index in [2.05, 4.69) is 10.6 Å². The lowest BCUT2D eigenvalue weighted by Crippen LogP contribution is -2.58.